The minimum Gasteiger partial charge on any atom is -0.382 e. The van der Waals surface area contributed by atoms with Gasteiger partial charge in [0.25, 0.3) is 5.91 Å². The number of anilines is 1. The quantitative estimate of drug-likeness (QED) is 0.520. The standard InChI is InChI=1S/C18H18BrN7O/c1-11-15(19)16(24-23-11)18(27)22-9-5-8-14-13(10-20)17(21)26(25-14)12-6-3-2-4-7-12/h2-4,6-7H,5,8-9,21H2,1H3,(H,22,27)(H,23,24). The van der Waals surface area contributed by atoms with Crippen LogP contribution in [0, 0.1) is 18.3 Å². The highest BCUT2D eigenvalue weighted by molar-refractivity contribution is 9.10. The molecule has 0 aliphatic rings. The highest BCUT2D eigenvalue weighted by atomic mass is 79.9. The molecule has 0 spiro atoms. The number of hydrogen-bond acceptors (Lipinski definition) is 5. The van der Waals surface area contributed by atoms with Crippen LogP contribution >= 0.6 is 15.9 Å². The number of para-hydroxylation sites is 1. The number of halogens is 1. The number of rotatable bonds is 6. The fourth-order valence-electron chi connectivity index (χ4n) is 2.65. The second kappa shape index (κ2) is 8.05. The highest BCUT2D eigenvalue weighted by Crippen LogP contribution is 2.21. The molecule has 9 heteroatoms. The Kier molecular flexibility index (Phi) is 5.57. The number of nitriles is 1. The number of carbonyl (C=O) groups excluding carboxylic acids is 1. The topological polar surface area (TPSA) is 125 Å². The van der Waals surface area contributed by atoms with E-state index in [-0.39, 0.29) is 5.91 Å². The van der Waals surface area contributed by atoms with E-state index in [0.29, 0.717) is 46.6 Å². The molecule has 8 nitrogen and oxygen atoms in total. The lowest BCUT2D eigenvalue weighted by molar-refractivity contribution is 0.0947. The normalized spacial score (nSPS) is 10.6. The number of hydrogen-bond donors (Lipinski definition) is 3. The summed E-state index contributed by atoms with van der Waals surface area (Å²) in [5, 5.41) is 23.4. The molecule has 0 saturated carbocycles. The van der Waals surface area contributed by atoms with Gasteiger partial charge in [-0.1, -0.05) is 18.2 Å². The summed E-state index contributed by atoms with van der Waals surface area (Å²) >= 11 is 3.33. The summed E-state index contributed by atoms with van der Waals surface area (Å²) < 4.78 is 2.22. The third-order valence-corrected chi connectivity index (χ3v) is 5.04. The first-order valence-corrected chi connectivity index (χ1v) is 9.13. The molecule has 0 radical (unpaired) electrons. The van der Waals surface area contributed by atoms with E-state index in [1.165, 1.54) is 0 Å². The molecule has 0 unspecified atom stereocenters. The lowest BCUT2D eigenvalue weighted by atomic mass is 10.1. The van der Waals surface area contributed by atoms with Crippen molar-refractivity contribution in [2.24, 2.45) is 0 Å². The Morgan fingerprint density at radius 3 is 2.78 bits per heavy atom. The van der Waals surface area contributed by atoms with E-state index < -0.39 is 0 Å². The van der Waals surface area contributed by atoms with Gasteiger partial charge < -0.3 is 11.1 Å². The number of nitrogens with zero attached hydrogens (tertiary/aromatic N) is 4. The van der Waals surface area contributed by atoms with Gasteiger partial charge in [0.2, 0.25) is 0 Å². The largest absolute Gasteiger partial charge is 0.382 e. The van der Waals surface area contributed by atoms with Crippen LogP contribution in [0.25, 0.3) is 5.69 Å². The number of benzene rings is 1. The zero-order chi connectivity index (χ0) is 19.4. The summed E-state index contributed by atoms with van der Waals surface area (Å²) in [5.41, 5.74) is 8.98. The van der Waals surface area contributed by atoms with Gasteiger partial charge in [0.05, 0.1) is 15.9 Å². The first kappa shape index (κ1) is 18.7. The number of amides is 1. The van der Waals surface area contributed by atoms with E-state index in [4.69, 9.17) is 5.73 Å². The average Bonchev–Trinajstić information content (AvgIpc) is 3.18. The van der Waals surface area contributed by atoms with Crippen molar-refractivity contribution in [1.82, 2.24) is 25.3 Å². The van der Waals surface area contributed by atoms with Crippen LogP contribution in [0.5, 0.6) is 0 Å². The van der Waals surface area contributed by atoms with Gasteiger partial charge in [-0.15, -0.1) is 0 Å². The summed E-state index contributed by atoms with van der Waals surface area (Å²) in [6.45, 7) is 2.25. The number of aromatic amines is 1. The number of carbonyl (C=O) groups is 1. The predicted octanol–water partition coefficient (Wildman–Crippen LogP) is 2.48. The maximum atomic E-state index is 12.1. The van der Waals surface area contributed by atoms with Crippen molar-refractivity contribution in [1.29, 1.82) is 5.26 Å². The second-order valence-electron chi connectivity index (χ2n) is 5.94. The van der Waals surface area contributed by atoms with E-state index in [1.807, 2.05) is 37.3 Å². The van der Waals surface area contributed by atoms with Gasteiger partial charge in [-0.3, -0.25) is 9.89 Å². The molecule has 2 aromatic heterocycles. The number of aromatic nitrogens is 4. The van der Waals surface area contributed by atoms with Crippen LogP contribution in [0.3, 0.4) is 0 Å². The van der Waals surface area contributed by atoms with Gasteiger partial charge in [0.1, 0.15) is 17.5 Å². The van der Waals surface area contributed by atoms with Crippen molar-refractivity contribution in [3.63, 3.8) is 0 Å². The first-order valence-electron chi connectivity index (χ1n) is 8.34. The van der Waals surface area contributed by atoms with Crippen molar-refractivity contribution in [3.05, 3.63) is 57.4 Å². The Morgan fingerprint density at radius 1 is 1.41 bits per heavy atom. The zero-order valence-electron chi connectivity index (χ0n) is 14.7. The van der Waals surface area contributed by atoms with Crippen molar-refractivity contribution in [3.8, 4) is 11.8 Å². The Morgan fingerprint density at radius 2 is 2.15 bits per heavy atom. The van der Waals surface area contributed by atoms with Crippen LogP contribution in [0.4, 0.5) is 5.82 Å². The summed E-state index contributed by atoms with van der Waals surface area (Å²) in [7, 11) is 0. The fraction of sp³-hybridized carbons (Fsp3) is 0.222. The smallest absolute Gasteiger partial charge is 0.272 e. The summed E-state index contributed by atoms with van der Waals surface area (Å²) in [6.07, 6.45) is 1.14. The third-order valence-electron chi connectivity index (χ3n) is 4.07. The molecule has 0 aliphatic heterocycles. The van der Waals surface area contributed by atoms with Crippen LogP contribution in [0.15, 0.2) is 34.8 Å². The van der Waals surface area contributed by atoms with E-state index >= 15 is 0 Å². The van der Waals surface area contributed by atoms with Gasteiger partial charge >= 0.3 is 0 Å². The second-order valence-corrected chi connectivity index (χ2v) is 6.73. The minimum absolute atomic E-state index is 0.263. The van der Waals surface area contributed by atoms with Gasteiger partial charge in [-0.25, -0.2) is 4.68 Å². The van der Waals surface area contributed by atoms with Crippen molar-refractivity contribution in [2.45, 2.75) is 19.8 Å². The monoisotopic (exact) mass is 427 g/mol. The average molecular weight is 428 g/mol. The van der Waals surface area contributed by atoms with Gasteiger partial charge in [-0.2, -0.15) is 15.5 Å². The molecule has 4 N–H and O–H groups in total. The van der Waals surface area contributed by atoms with Crippen LogP contribution in [0.2, 0.25) is 0 Å². The molecule has 27 heavy (non-hydrogen) atoms. The molecule has 1 aromatic carbocycles. The van der Waals surface area contributed by atoms with Crippen LogP contribution in [-0.4, -0.2) is 32.4 Å². The lowest BCUT2D eigenvalue weighted by Gasteiger charge is -2.03. The zero-order valence-corrected chi connectivity index (χ0v) is 16.2. The summed E-state index contributed by atoms with van der Waals surface area (Å²) in [5.74, 6) is 0.0553. The summed E-state index contributed by atoms with van der Waals surface area (Å²) in [6, 6.07) is 11.5. The number of H-pyrrole nitrogens is 1. The molecular weight excluding hydrogens is 410 g/mol. The maximum absolute atomic E-state index is 12.1. The SMILES string of the molecule is Cc1[nH]nc(C(=O)NCCCc2nn(-c3ccccc3)c(N)c2C#N)c1Br. The van der Waals surface area contributed by atoms with E-state index in [2.05, 4.69) is 42.6 Å². The number of aryl methyl sites for hydroxylation is 2. The molecule has 0 fully saturated rings. The van der Waals surface area contributed by atoms with Crippen LogP contribution in [-0.2, 0) is 6.42 Å². The molecule has 2 heterocycles. The van der Waals surface area contributed by atoms with Crippen LogP contribution < -0.4 is 11.1 Å². The van der Waals surface area contributed by atoms with Crippen molar-refractivity contribution in [2.75, 3.05) is 12.3 Å². The van der Waals surface area contributed by atoms with Crippen molar-refractivity contribution >= 4 is 27.7 Å². The maximum Gasteiger partial charge on any atom is 0.272 e. The first-order chi connectivity index (χ1) is 13.0. The molecule has 0 bridgehead atoms. The molecule has 138 valence electrons. The van der Waals surface area contributed by atoms with Gasteiger partial charge in [-0.05, 0) is 47.8 Å². The number of nitrogen functional groups attached to an aromatic ring is 1. The number of nitrogens with two attached hydrogens (primary N) is 1. The molecular formula is C18H18BrN7O. The molecule has 0 atom stereocenters. The number of nitrogens with one attached hydrogen (secondary N) is 2. The molecule has 3 aromatic rings. The fourth-order valence-corrected chi connectivity index (χ4v) is 3.01. The Bertz CT molecular complexity index is 1000. The van der Waals surface area contributed by atoms with Crippen molar-refractivity contribution < 1.29 is 4.79 Å². The third kappa shape index (κ3) is 3.85. The van der Waals surface area contributed by atoms with E-state index in [9.17, 15) is 10.1 Å². The van der Waals surface area contributed by atoms with E-state index in [0.717, 1.165) is 11.4 Å². The Labute approximate surface area is 164 Å². The molecule has 1 amide bonds. The Balaban J connectivity index is 1.64. The van der Waals surface area contributed by atoms with Gasteiger partial charge in [0.15, 0.2) is 5.69 Å². The summed E-state index contributed by atoms with van der Waals surface area (Å²) in [4.78, 5) is 12.1. The Hall–Kier alpha value is -3.12. The van der Waals surface area contributed by atoms with Gasteiger partial charge in [0, 0.05) is 12.2 Å². The van der Waals surface area contributed by atoms with E-state index in [1.54, 1.807) is 4.68 Å². The predicted molar refractivity (Wildman–Crippen MR) is 104 cm³/mol. The highest BCUT2D eigenvalue weighted by Gasteiger charge is 2.17. The molecule has 3 rings (SSSR count). The lowest BCUT2D eigenvalue weighted by Crippen LogP contribution is -2.25. The molecule has 0 saturated heterocycles. The molecule has 0 aliphatic carbocycles. The van der Waals surface area contributed by atoms with Crippen LogP contribution in [0.1, 0.15) is 33.9 Å². The minimum atomic E-state index is -0.263.